The number of hydrogen-bond acceptors (Lipinski definition) is 2. The number of hydrogen-bond donors (Lipinski definition) is 0. The molecule has 0 aliphatic carbocycles. The van der Waals surface area contributed by atoms with Crippen LogP contribution in [0.2, 0.25) is 0 Å². The highest BCUT2D eigenvalue weighted by atomic mass is 16.6. The zero-order chi connectivity index (χ0) is 12.4. The van der Waals surface area contributed by atoms with Crippen LogP contribution in [0.5, 0.6) is 0 Å². The highest BCUT2D eigenvalue weighted by Crippen LogP contribution is 2.28. The minimum atomic E-state index is -0.232. The van der Waals surface area contributed by atoms with Gasteiger partial charge in [0.2, 0.25) is 0 Å². The van der Waals surface area contributed by atoms with Gasteiger partial charge in [0, 0.05) is 6.54 Å². The van der Waals surface area contributed by atoms with Crippen molar-refractivity contribution in [1.29, 1.82) is 0 Å². The predicted octanol–water partition coefficient (Wildman–Crippen LogP) is 3.29. The molecule has 1 aliphatic rings. The van der Waals surface area contributed by atoms with Crippen molar-refractivity contribution in [2.24, 2.45) is 0 Å². The molecule has 3 heteroatoms. The molecule has 3 nitrogen and oxygen atoms in total. The average molecular weight is 233 g/mol. The van der Waals surface area contributed by atoms with Gasteiger partial charge < -0.3 is 4.74 Å². The summed E-state index contributed by atoms with van der Waals surface area (Å²) in [4.78, 5) is 13.7. The average Bonchev–Trinajstić information content (AvgIpc) is 2.26. The van der Waals surface area contributed by atoms with Gasteiger partial charge in [-0.3, -0.25) is 4.90 Å². The Bertz CT molecular complexity index is 426. The van der Waals surface area contributed by atoms with Crippen LogP contribution < -0.4 is 4.90 Å². The quantitative estimate of drug-likeness (QED) is 0.745. The molecular formula is C14H19NO2. The molecule has 0 N–H and O–H groups in total. The van der Waals surface area contributed by atoms with Gasteiger partial charge in [-0.2, -0.15) is 0 Å². The molecule has 0 spiro atoms. The van der Waals surface area contributed by atoms with Crippen molar-refractivity contribution in [3.63, 3.8) is 0 Å². The molecule has 92 valence electrons. The molecule has 0 bridgehead atoms. The number of anilines is 1. The number of aryl methyl sites for hydroxylation is 2. The van der Waals surface area contributed by atoms with Gasteiger partial charge in [-0.15, -0.1) is 0 Å². The largest absolute Gasteiger partial charge is 0.446 e. The molecule has 0 radical (unpaired) electrons. The van der Waals surface area contributed by atoms with Crippen molar-refractivity contribution < 1.29 is 9.53 Å². The second-order valence-electron chi connectivity index (χ2n) is 4.82. The first-order valence-electron chi connectivity index (χ1n) is 6.15. The first-order valence-corrected chi connectivity index (χ1v) is 6.15. The molecule has 1 aliphatic heterocycles. The van der Waals surface area contributed by atoms with Crippen LogP contribution >= 0.6 is 0 Å². The fourth-order valence-corrected chi connectivity index (χ4v) is 2.18. The topological polar surface area (TPSA) is 29.5 Å². The maximum absolute atomic E-state index is 12.0. The lowest BCUT2D eigenvalue weighted by Crippen LogP contribution is -2.37. The third-order valence-corrected chi connectivity index (χ3v) is 2.91. The van der Waals surface area contributed by atoms with E-state index in [4.69, 9.17) is 4.74 Å². The Balaban J connectivity index is 2.25. The summed E-state index contributed by atoms with van der Waals surface area (Å²) in [5, 5.41) is 0. The van der Waals surface area contributed by atoms with Crippen LogP contribution in [-0.2, 0) is 11.2 Å². The standard InChI is InChI=1S/C14H19NO2/c1-10(2)17-14(16)15-8-4-5-12-9-11(3)6-7-13(12)15/h6-7,9-10H,4-5,8H2,1-3H3. The maximum Gasteiger partial charge on any atom is 0.414 e. The third-order valence-electron chi connectivity index (χ3n) is 2.91. The third kappa shape index (κ3) is 2.60. The van der Waals surface area contributed by atoms with Crippen LogP contribution in [0.4, 0.5) is 10.5 Å². The van der Waals surface area contributed by atoms with Gasteiger partial charge in [0.05, 0.1) is 11.8 Å². The Hall–Kier alpha value is -1.51. The monoisotopic (exact) mass is 233 g/mol. The van der Waals surface area contributed by atoms with E-state index in [2.05, 4.69) is 13.0 Å². The summed E-state index contributed by atoms with van der Waals surface area (Å²) in [6.45, 7) is 6.57. The molecule has 17 heavy (non-hydrogen) atoms. The minimum absolute atomic E-state index is 0.0710. The first-order chi connectivity index (χ1) is 8.08. The summed E-state index contributed by atoms with van der Waals surface area (Å²) in [6, 6.07) is 6.22. The Kier molecular flexibility index (Phi) is 3.36. The van der Waals surface area contributed by atoms with Gasteiger partial charge in [0.25, 0.3) is 0 Å². The van der Waals surface area contributed by atoms with E-state index < -0.39 is 0 Å². The van der Waals surface area contributed by atoms with E-state index in [1.807, 2.05) is 26.0 Å². The molecule has 1 aromatic carbocycles. The predicted molar refractivity (Wildman–Crippen MR) is 68.5 cm³/mol. The van der Waals surface area contributed by atoms with E-state index in [-0.39, 0.29) is 12.2 Å². The van der Waals surface area contributed by atoms with Crippen LogP contribution in [-0.4, -0.2) is 18.7 Å². The second-order valence-corrected chi connectivity index (χ2v) is 4.82. The second kappa shape index (κ2) is 4.78. The zero-order valence-corrected chi connectivity index (χ0v) is 10.7. The summed E-state index contributed by atoms with van der Waals surface area (Å²) in [5.74, 6) is 0. The number of fused-ring (bicyclic) bond motifs is 1. The fraction of sp³-hybridized carbons (Fsp3) is 0.500. The van der Waals surface area contributed by atoms with E-state index in [9.17, 15) is 4.79 Å². The van der Waals surface area contributed by atoms with Crippen molar-refractivity contribution in [2.75, 3.05) is 11.4 Å². The summed E-state index contributed by atoms with van der Waals surface area (Å²) in [7, 11) is 0. The SMILES string of the molecule is Cc1ccc2c(c1)CCCN2C(=O)OC(C)C. The fourth-order valence-electron chi connectivity index (χ4n) is 2.18. The molecule has 1 aromatic rings. The Morgan fingerprint density at radius 3 is 2.88 bits per heavy atom. The highest BCUT2D eigenvalue weighted by molar-refractivity contribution is 5.89. The van der Waals surface area contributed by atoms with E-state index >= 15 is 0 Å². The van der Waals surface area contributed by atoms with Crippen molar-refractivity contribution in [3.05, 3.63) is 29.3 Å². The number of carbonyl (C=O) groups excluding carboxylic acids is 1. The van der Waals surface area contributed by atoms with Crippen LogP contribution in [0.3, 0.4) is 0 Å². The van der Waals surface area contributed by atoms with Crippen molar-refractivity contribution >= 4 is 11.8 Å². The smallest absolute Gasteiger partial charge is 0.414 e. The van der Waals surface area contributed by atoms with Gasteiger partial charge in [-0.1, -0.05) is 17.7 Å². The molecular weight excluding hydrogens is 214 g/mol. The number of ether oxygens (including phenoxy) is 1. The minimum Gasteiger partial charge on any atom is -0.446 e. The number of rotatable bonds is 1. The Morgan fingerprint density at radius 2 is 2.18 bits per heavy atom. The number of nitrogens with zero attached hydrogens (tertiary/aromatic N) is 1. The molecule has 0 saturated carbocycles. The maximum atomic E-state index is 12.0. The Morgan fingerprint density at radius 1 is 1.41 bits per heavy atom. The van der Waals surface area contributed by atoms with Gasteiger partial charge in [0.15, 0.2) is 0 Å². The van der Waals surface area contributed by atoms with Crippen molar-refractivity contribution in [1.82, 2.24) is 0 Å². The van der Waals surface area contributed by atoms with Crippen LogP contribution in [0, 0.1) is 6.92 Å². The normalized spacial score (nSPS) is 14.7. The molecule has 0 atom stereocenters. The summed E-state index contributed by atoms with van der Waals surface area (Å²) in [5.41, 5.74) is 3.49. The molecule has 1 amide bonds. The lowest BCUT2D eigenvalue weighted by molar-refractivity contribution is 0.122. The number of amides is 1. The lowest BCUT2D eigenvalue weighted by atomic mass is 10.00. The molecule has 2 rings (SSSR count). The summed E-state index contributed by atoms with van der Waals surface area (Å²) >= 11 is 0. The zero-order valence-electron chi connectivity index (χ0n) is 10.7. The first kappa shape index (κ1) is 12.0. The number of benzene rings is 1. The van der Waals surface area contributed by atoms with E-state index in [0.29, 0.717) is 0 Å². The Labute approximate surface area is 102 Å². The van der Waals surface area contributed by atoms with E-state index in [1.165, 1.54) is 11.1 Å². The van der Waals surface area contributed by atoms with Crippen LogP contribution in [0.25, 0.3) is 0 Å². The van der Waals surface area contributed by atoms with Crippen LogP contribution in [0.1, 0.15) is 31.4 Å². The van der Waals surface area contributed by atoms with Gasteiger partial charge in [-0.25, -0.2) is 4.79 Å². The van der Waals surface area contributed by atoms with E-state index in [0.717, 1.165) is 25.1 Å². The van der Waals surface area contributed by atoms with Gasteiger partial charge >= 0.3 is 6.09 Å². The summed E-state index contributed by atoms with van der Waals surface area (Å²) < 4.78 is 5.26. The highest BCUT2D eigenvalue weighted by Gasteiger charge is 2.24. The number of carbonyl (C=O) groups is 1. The van der Waals surface area contributed by atoms with Crippen LogP contribution in [0.15, 0.2) is 18.2 Å². The molecule has 1 heterocycles. The van der Waals surface area contributed by atoms with Gasteiger partial charge in [-0.05, 0) is 45.2 Å². The van der Waals surface area contributed by atoms with E-state index in [1.54, 1.807) is 4.90 Å². The lowest BCUT2D eigenvalue weighted by Gasteiger charge is -2.29. The molecule has 0 fully saturated rings. The molecule has 0 unspecified atom stereocenters. The van der Waals surface area contributed by atoms with Crippen molar-refractivity contribution in [2.45, 2.75) is 39.7 Å². The van der Waals surface area contributed by atoms with Crippen molar-refractivity contribution in [3.8, 4) is 0 Å². The van der Waals surface area contributed by atoms with Gasteiger partial charge in [0.1, 0.15) is 0 Å². The summed E-state index contributed by atoms with van der Waals surface area (Å²) in [6.07, 6.45) is 1.75. The molecule has 0 aromatic heterocycles. The molecule has 0 saturated heterocycles.